The zero-order valence-electron chi connectivity index (χ0n) is 25.4. The number of rotatable bonds is 13. The molecule has 0 atom stereocenters. The molecule has 3 aromatic rings. The molecule has 2 aliphatic rings. The average Bonchev–Trinajstić information content (AvgIpc) is 3.55. The number of carbonyl (C=O) groups excluding carboxylic acids is 1. The summed E-state index contributed by atoms with van der Waals surface area (Å²) in [5, 5.41) is 0.203. The Morgan fingerprint density at radius 1 is 0.955 bits per heavy atom. The number of halogens is 2. The number of hydrogen-bond donors (Lipinski definition) is 0. The van der Waals surface area contributed by atoms with Crippen LogP contribution in [0.25, 0.3) is 10.9 Å². The maximum absolute atomic E-state index is 14.1. The van der Waals surface area contributed by atoms with Crippen molar-refractivity contribution in [3.63, 3.8) is 0 Å². The average molecular weight is 614 g/mol. The minimum Gasteiger partial charge on any atom is -0.489 e. The molecule has 2 aromatic carbocycles. The van der Waals surface area contributed by atoms with Crippen molar-refractivity contribution < 1.29 is 27.8 Å². The standard InChI is InChI=1S/C33H41F2N3O6/c1-22(2)20-42-31-15-23(7-10-30(31)44-25-5-3-4-6-25)19-37-32(40)28-16-26(43-27(17-34)18-35)8-9-29(28)38(33(37)41)24-11-13-36(21-39)14-12-24/h7-10,15-16,21-22,24-25,27H,3-6,11-14,17-20H2,1-2H3. The fraction of sp³-hybridized carbons (Fsp3) is 0.545. The lowest BCUT2D eigenvalue weighted by atomic mass is 10.0. The molecule has 1 saturated heterocycles. The van der Waals surface area contributed by atoms with E-state index in [1.165, 1.54) is 16.7 Å². The lowest BCUT2D eigenvalue weighted by molar-refractivity contribution is -0.119. The number of aromatic nitrogens is 2. The highest BCUT2D eigenvalue weighted by Crippen LogP contribution is 2.33. The van der Waals surface area contributed by atoms with E-state index in [-0.39, 0.29) is 35.7 Å². The summed E-state index contributed by atoms with van der Waals surface area (Å²) < 4.78 is 47.1. The van der Waals surface area contributed by atoms with Crippen LogP contribution in [0, 0.1) is 5.92 Å². The first-order valence-electron chi connectivity index (χ1n) is 15.5. The molecule has 1 amide bonds. The summed E-state index contributed by atoms with van der Waals surface area (Å²) in [7, 11) is 0. The van der Waals surface area contributed by atoms with Crippen molar-refractivity contribution in [2.45, 2.75) is 77.2 Å². The lowest BCUT2D eigenvalue weighted by Crippen LogP contribution is -2.44. The molecule has 0 N–H and O–H groups in total. The van der Waals surface area contributed by atoms with Gasteiger partial charge in [0.25, 0.3) is 5.56 Å². The van der Waals surface area contributed by atoms with Gasteiger partial charge in [-0.3, -0.25) is 18.7 Å². The van der Waals surface area contributed by atoms with Crippen LogP contribution in [0.15, 0.2) is 46.0 Å². The molecule has 11 heteroatoms. The van der Waals surface area contributed by atoms with E-state index in [1.54, 1.807) is 15.5 Å². The normalized spacial score (nSPS) is 16.3. The van der Waals surface area contributed by atoms with Gasteiger partial charge in [0.15, 0.2) is 17.6 Å². The Morgan fingerprint density at radius 3 is 2.34 bits per heavy atom. The number of amides is 1. The Kier molecular flexibility index (Phi) is 10.2. The SMILES string of the molecule is CC(C)COc1cc(Cn2c(=O)c3cc(OC(CF)CF)ccc3n(C3CCN(C=O)CC3)c2=O)ccc1OC1CCCC1. The zero-order chi connectivity index (χ0) is 31.2. The quantitative estimate of drug-likeness (QED) is 0.251. The Bertz CT molecular complexity index is 1550. The molecule has 2 heterocycles. The van der Waals surface area contributed by atoms with Gasteiger partial charge in [-0.05, 0) is 80.3 Å². The van der Waals surface area contributed by atoms with Crippen molar-refractivity contribution in [1.29, 1.82) is 0 Å². The third-order valence-electron chi connectivity index (χ3n) is 8.32. The smallest absolute Gasteiger partial charge is 0.332 e. The fourth-order valence-electron chi connectivity index (χ4n) is 5.96. The van der Waals surface area contributed by atoms with Crippen LogP contribution in [-0.4, -0.2) is 65.7 Å². The van der Waals surface area contributed by atoms with E-state index in [0.29, 0.717) is 55.1 Å². The minimum absolute atomic E-state index is 0.0226. The zero-order valence-corrected chi connectivity index (χ0v) is 25.4. The van der Waals surface area contributed by atoms with Crippen LogP contribution < -0.4 is 25.5 Å². The molecule has 0 spiro atoms. The summed E-state index contributed by atoms with van der Waals surface area (Å²) in [6.45, 7) is 3.49. The Labute approximate surface area is 255 Å². The highest BCUT2D eigenvalue weighted by molar-refractivity contribution is 5.80. The highest BCUT2D eigenvalue weighted by atomic mass is 19.1. The van der Waals surface area contributed by atoms with Gasteiger partial charge in [0.05, 0.1) is 30.2 Å². The first-order valence-corrected chi connectivity index (χ1v) is 15.5. The van der Waals surface area contributed by atoms with Crippen LogP contribution in [0.1, 0.15) is 64.0 Å². The molecule has 1 aliphatic heterocycles. The number of ether oxygens (including phenoxy) is 3. The van der Waals surface area contributed by atoms with Crippen molar-refractivity contribution in [3.8, 4) is 17.2 Å². The molecular weight excluding hydrogens is 572 g/mol. The number of alkyl halides is 2. The van der Waals surface area contributed by atoms with Gasteiger partial charge < -0.3 is 19.1 Å². The lowest BCUT2D eigenvalue weighted by Gasteiger charge is -2.31. The Balaban J connectivity index is 1.56. The number of fused-ring (bicyclic) bond motifs is 1. The second kappa shape index (κ2) is 14.3. The number of benzene rings is 2. The van der Waals surface area contributed by atoms with Crippen LogP contribution in [-0.2, 0) is 11.3 Å². The third kappa shape index (κ3) is 7.08. The second-order valence-corrected chi connectivity index (χ2v) is 12.2. The monoisotopic (exact) mass is 613 g/mol. The summed E-state index contributed by atoms with van der Waals surface area (Å²) in [5.74, 6) is 1.63. The third-order valence-corrected chi connectivity index (χ3v) is 8.32. The number of carbonyl (C=O) groups is 1. The van der Waals surface area contributed by atoms with Gasteiger partial charge in [0, 0.05) is 19.1 Å². The van der Waals surface area contributed by atoms with Crippen molar-refractivity contribution in [2.24, 2.45) is 5.92 Å². The fourth-order valence-corrected chi connectivity index (χ4v) is 5.96. The molecule has 0 radical (unpaired) electrons. The molecule has 1 aliphatic carbocycles. The van der Waals surface area contributed by atoms with Crippen LogP contribution >= 0.6 is 0 Å². The summed E-state index contributed by atoms with van der Waals surface area (Å²) in [4.78, 5) is 40.9. The molecule has 1 aromatic heterocycles. The molecule has 238 valence electrons. The topological polar surface area (TPSA) is 92.0 Å². The van der Waals surface area contributed by atoms with Crippen molar-refractivity contribution in [2.75, 3.05) is 33.0 Å². The largest absolute Gasteiger partial charge is 0.489 e. The van der Waals surface area contributed by atoms with Gasteiger partial charge in [-0.15, -0.1) is 0 Å². The first-order chi connectivity index (χ1) is 21.3. The summed E-state index contributed by atoms with van der Waals surface area (Å²) in [6.07, 6.45) is 4.96. The van der Waals surface area contributed by atoms with Crippen LogP contribution in [0.4, 0.5) is 8.78 Å². The molecule has 0 unspecified atom stereocenters. The van der Waals surface area contributed by atoms with E-state index >= 15 is 0 Å². The Hall–Kier alpha value is -3.89. The highest BCUT2D eigenvalue weighted by Gasteiger charge is 2.26. The molecule has 1 saturated carbocycles. The van der Waals surface area contributed by atoms with E-state index in [9.17, 15) is 23.2 Å². The van der Waals surface area contributed by atoms with Crippen LogP contribution in [0.5, 0.6) is 17.2 Å². The first kappa shape index (κ1) is 31.5. The molecular formula is C33H41F2N3O6. The molecule has 44 heavy (non-hydrogen) atoms. The van der Waals surface area contributed by atoms with Crippen LogP contribution in [0.2, 0.25) is 0 Å². The second-order valence-electron chi connectivity index (χ2n) is 12.2. The minimum atomic E-state index is -1.29. The van der Waals surface area contributed by atoms with Gasteiger partial charge >= 0.3 is 5.69 Å². The molecule has 5 rings (SSSR count). The van der Waals surface area contributed by atoms with Crippen molar-refractivity contribution in [3.05, 3.63) is 62.8 Å². The predicted octanol–water partition coefficient (Wildman–Crippen LogP) is 5.05. The van der Waals surface area contributed by atoms with E-state index in [2.05, 4.69) is 13.8 Å². The summed E-state index contributed by atoms with van der Waals surface area (Å²) >= 11 is 0. The van der Waals surface area contributed by atoms with E-state index in [0.717, 1.165) is 32.1 Å². The van der Waals surface area contributed by atoms with Gasteiger partial charge in [0.2, 0.25) is 6.41 Å². The number of piperidine rings is 1. The van der Waals surface area contributed by atoms with Crippen molar-refractivity contribution >= 4 is 17.3 Å². The van der Waals surface area contributed by atoms with Crippen LogP contribution in [0.3, 0.4) is 0 Å². The van der Waals surface area contributed by atoms with Gasteiger partial charge in [0.1, 0.15) is 19.1 Å². The summed E-state index contributed by atoms with van der Waals surface area (Å²) in [5.41, 5.74) is 0.0873. The molecule has 0 bridgehead atoms. The maximum atomic E-state index is 14.1. The Morgan fingerprint density at radius 2 is 1.68 bits per heavy atom. The van der Waals surface area contributed by atoms with Crippen molar-refractivity contribution in [1.82, 2.24) is 14.0 Å². The number of likely N-dealkylation sites (tertiary alicyclic amines) is 1. The number of hydrogen-bond acceptors (Lipinski definition) is 6. The molecule has 9 nitrogen and oxygen atoms in total. The van der Waals surface area contributed by atoms with E-state index in [4.69, 9.17) is 14.2 Å². The predicted molar refractivity (Wildman–Crippen MR) is 164 cm³/mol. The van der Waals surface area contributed by atoms with Gasteiger partial charge in [-0.1, -0.05) is 19.9 Å². The van der Waals surface area contributed by atoms with Gasteiger partial charge in [-0.25, -0.2) is 13.6 Å². The van der Waals surface area contributed by atoms with Gasteiger partial charge in [-0.2, -0.15) is 0 Å². The summed E-state index contributed by atoms with van der Waals surface area (Å²) in [6, 6.07) is 9.79. The molecule has 2 fully saturated rings. The van der Waals surface area contributed by atoms with E-state index in [1.807, 2.05) is 18.2 Å². The maximum Gasteiger partial charge on any atom is 0.332 e. The number of nitrogens with zero attached hydrogens (tertiary/aromatic N) is 3. The van der Waals surface area contributed by atoms with E-state index < -0.39 is 30.7 Å².